The van der Waals surface area contributed by atoms with Crippen LogP contribution < -0.4 is 5.73 Å². The van der Waals surface area contributed by atoms with Crippen LogP contribution in [0.2, 0.25) is 0 Å². The zero-order chi connectivity index (χ0) is 11.3. The summed E-state index contributed by atoms with van der Waals surface area (Å²) in [5.41, 5.74) is 5.98. The Morgan fingerprint density at radius 1 is 1.20 bits per heavy atom. The third-order valence-electron chi connectivity index (χ3n) is 3.89. The van der Waals surface area contributed by atoms with E-state index in [9.17, 15) is 0 Å². The molecule has 2 heteroatoms. The van der Waals surface area contributed by atoms with E-state index >= 15 is 0 Å². The molecule has 90 valence electrons. The molecule has 0 heterocycles. The first-order valence-electron chi connectivity index (χ1n) is 6.66. The lowest BCUT2D eigenvalue weighted by molar-refractivity contribution is 0.0983. The molecule has 0 aromatic carbocycles. The van der Waals surface area contributed by atoms with E-state index in [0.717, 1.165) is 19.0 Å². The topological polar surface area (TPSA) is 29.3 Å². The van der Waals surface area contributed by atoms with Gasteiger partial charge in [0, 0.05) is 18.6 Å². The lowest BCUT2D eigenvalue weighted by Gasteiger charge is -2.40. The van der Waals surface area contributed by atoms with Crippen LogP contribution in [0.4, 0.5) is 0 Å². The Morgan fingerprint density at radius 2 is 1.80 bits per heavy atom. The highest BCUT2D eigenvalue weighted by atomic mass is 15.2. The Kier molecular flexibility index (Phi) is 5.62. The van der Waals surface area contributed by atoms with Gasteiger partial charge in [-0.3, -0.25) is 4.90 Å². The summed E-state index contributed by atoms with van der Waals surface area (Å²) in [6, 6.07) is 1.25. The Bertz CT molecular complexity index is 162. The van der Waals surface area contributed by atoms with Crippen molar-refractivity contribution in [2.75, 3.05) is 13.1 Å². The molecule has 1 rings (SSSR count). The van der Waals surface area contributed by atoms with E-state index in [-0.39, 0.29) is 0 Å². The van der Waals surface area contributed by atoms with Gasteiger partial charge in [0.1, 0.15) is 0 Å². The molecule has 1 atom stereocenters. The van der Waals surface area contributed by atoms with Crippen LogP contribution in [0.15, 0.2) is 0 Å². The lowest BCUT2D eigenvalue weighted by Crippen LogP contribution is -2.49. The third-order valence-corrected chi connectivity index (χ3v) is 3.89. The average molecular weight is 212 g/mol. The van der Waals surface area contributed by atoms with Gasteiger partial charge in [-0.05, 0) is 39.2 Å². The molecule has 15 heavy (non-hydrogen) atoms. The van der Waals surface area contributed by atoms with Gasteiger partial charge < -0.3 is 5.73 Å². The van der Waals surface area contributed by atoms with E-state index in [4.69, 9.17) is 5.73 Å². The number of rotatable bonds is 5. The van der Waals surface area contributed by atoms with Crippen LogP contribution in [0, 0.1) is 5.92 Å². The molecule has 2 nitrogen and oxygen atoms in total. The molecule has 1 unspecified atom stereocenters. The summed E-state index contributed by atoms with van der Waals surface area (Å²) >= 11 is 0. The highest BCUT2D eigenvalue weighted by Crippen LogP contribution is 2.29. The standard InChI is InChI=1S/C13H28N2/c1-4-15(11(2)3)13(10-14)12-8-6-5-7-9-12/h11-13H,4-10,14H2,1-3H3. The largest absolute Gasteiger partial charge is 0.329 e. The van der Waals surface area contributed by atoms with Crippen LogP contribution in [0.5, 0.6) is 0 Å². The van der Waals surface area contributed by atoms with Gasteiger partial charge in [0.15, 0.2) is 0 Å². The summed E-state index contributed by atoms with van der Waals surface area (Å²) in [6.07, 6.45) is 7.05. The minimum Gasteiger partial charge on any atom is -0.329 e. The van der Waals surface area contributed by atoms with Crippen molar-refractivity contribution in [2.24, 2.45) is 11.7 Å². The molecular formula is C13H28N2. The molecule has 0 aromatic heterocycles. The third kappa shape index (κ3) is 3.46. The zero-order valence-electron chi connectivity index (χ0n) is 10.7. The molecule has 1 aliphatic carbocycles. The SMILES string of the molecule is CCN(C(C)C)C(CN)C1CCCCC1. The van der Waals surface area contributed by atoms with E-state index in [1.807, 2.05) is 0 Å². The number of hydrogen-bond donors (Lipinski definition) is 1. The number of nitrogens with zero attached hydrogens (tertiary/aromatic N) is 1. The van der Waals surface area contributed by atoms with Crippen LogP contribution in [-0.4, -0.2) is 30.1 Å². The maximum absolute atomic E-state index is 5.98. The summed E-state index contributed by atoms with van der Waals surface area (Å²) in [6.45, 7) is 8.79. The Hall–Kier alpha value is -0.0800. The van der Waals surface area contributed by atoms with Crippen molar-refractivity contribution in [3.05, 3.63) is 0 Å². The number of nitrogens with two attached hydrogens (primary N) is 1. The van der Waals surface area contributed by atoms with Gasteiger partial charge in [-0.15, -0.1) is 0 Å². The average Bonchev–Trinajstić information content (AvgIpc) is 2.26. The van der Waals surface area contributed by atoms with Crippen LogP contribution in [0.25, 0.3) is 0 Å². The van der Waals surface area contributed by atoms with E-state index in [0.29, 0.717) is 12.1 Å². The predicted molar refractivity (Wildman–Crippen MR) is 66.9 cm³/mol. The van der Waals surface area contributed by atoms with Gasteiger partial charge >= 0.3 is 0 Å². The second-order valence-corrected chi connectivity index (χ2v) is 5.13. The summed E-state index contributed by atoms with van der Waals surface area (Å²) in [4.78, 5) is 2.58. The van der Waals surface area contributed by atoms with Crippen LogP contribution in [-0.2, 0) is 0 Å². The first kappa shape index (κ1) is 13.0. The van der Waals surface area contributed by atoms with Crippen LogP contribution in [0.3, 0.4) is 0 Å². The molecule has 0 radical (unpaired) electrons. The first-order chi connectivity index (χ1) is 7.20. The molecule has 0 bridgehead atoms. The Balaban J connectivity index is 2.58. The van der Waals surface area contributed by atoms with Crippen LogP contribution >= 0.6 is 0 Å². The molecule has 1 fully saturated rings. The minimum atomic E-state index is 0.621. The van der Waals surface area contributed by atoms with Crippen molar-refractivity contribution in [2.45, 2.75) is 65.0 Å². The fraction of sp³-hybridized carbons (Fsp3) is 1.00. The minimum absolute atomic E-state index is 0.621. The normalized spacial score (nSPS) is 21.2. The van der Waals surface area contributed by atoms with E-state index < -0.39 is 0 Å². The van der Waals surface area contributed by atoms with Gasteiger partial charge in [0.25, 0.3) is 0 Å². The van der Waals surface area contributed by atoms with Gasteiger partial charge in [0.2, 0.25) is 0 Å². The highest BCUT2D eigenvalue weighted by Gasteiger charge is 2.27. The second-order valence-electron chi connectivity index (χ2n) is 5.13. The monoisotopic (exact) mass is 212 g/mol. The predicted octanol–water partition coefficient (Wildman–Crippen LogP) is 2.62. The van der Waals surface area contributed by atoms with Gasteiger partial charge in [-0.2, -0.15) is 0 Å². The zero-order valence-corrected chi connectivity index (χ0v) is 10.7. The fourth-order valence-electron chi connectivity index (χ4n) is 3.10. The second kappa shape index (κ2) is 6.49. The molecule has 0 aromatic rings. The lowest BCUT2D eigenvalue weighted by atomic mass is 9.83. The van der Waals surface area contributed by atoms with E-state index in [1.165, 1.54) is 32.1 Å². The molecule has 2 N–H and O–H groups in total. The molecular weight excluding hydrogens is 184 g/mol. The molecule has 0 saturated heterocycles. The smallest absolute Gasteiger partial charge is 0.0249 e. The summed E-state index contributed by atoms with van der Waals surface area (Å²) in [5, 5.41) is 0. The van der Waals surface area contributed by atoms with Gasteiger partial charge in [-0.25, -0.2) is 0 Å². The summed E-state index contributed by atoms with van der Waals surface area (Å²) in [7, 11) is 0. The van der Waals surface area contributed by atoms with Crippen LogP contribution in [0.1, 0.15) is 52.9 Å². The molecule has 0 aliphatic heterocycles. The van der Waals surface area contributed by atoms with Crippen molar-refractivity contribution in [3.8, 4) is 0 Å². The van der Waals surface area contributed by atoms with Crippen molar-refractivity contribution in [1.82, 2.24) is 4.90 Å². The maximum Gasteiger partial charge on any atom is 0.0249 e. The van der Waals surface area contributed by atoms with Crippen molar-refractivity contribution in [1.29, 1.82) is 0 Å². The van der Waals surface area contributed by atoms with E-state index in [2.05, 4.69) is 25.7 Å². The van der Waals surface area contributed by atoms with Crippen molar-refractivity contribution < 1.29 is 0 Å². The van der Waals surface area contributed by atoms with E-state index in [1.54, 1.807) is 0 Å². The van der Waals surface area contributed by atoms with Crippen molar-refractivity contribution in [3.63, 3.8) is 0 Å². The molecule has 1 aliphatic rings. The molecule has 1 saturated carbocycles. The number of hydrogen-bond acceptors (Lipinski definition) is 2. The molecule has 0 spiro atoms. The quantitative estimate of drug-likeness (QED) is 0.759. The first-order valence-corrected chi connectivity index (χ1v) is 6.66. The number of likely N-dealkylation sites (N-methyl/N-ethyl adjacent to an activating group) is 1. The molecule has 0 amide bonds. The van der Waals surface area contributed by atoms with Gasteiger partial charge in [0.05, 0.1) is 0 Å². The highest BCUT2D eigenvalue weighted by molar-refractivity contribution is 4.83. The van der Waals surface area contributed by atoms with Crippen molar-refractivity contribution >= 4 is 0 Å². The van der Waals surface area contributed by atoms with Gasteiger partial charge in [-0.1, -0.05) is 26.2 Å². The fourth-order valence-corrected chi connectivity index (χ4v) is 3.10. The summed E-state index contributed by atoms with van der Waals surface area (Å²) in [5.74, 6) is 0.853. The summed E-state index contributed by atoms with van der Waals surface area (Å²) < 4.78 is 0. The maximum atomic E-state index is 5.98. The Morgan fingerprint density at radius 3 is 2.20 bits per heavy atom. The Labute approximate surface area is 95.2 Å².